The number of aromatic nitrogens is 2. The summed E-state index contributed by atoms with van der Waals surface area (Å²) in [5, 5.41) is 2.68. The van der Waals surface area contributed by atoms with Gasteiger partial charge in [0.25, 0.3) is 0 Å². The predicted molar refractivity (Wildman–Crippen MR) is 80.6 cm³/mol. The van der Waals surface area contributed by atoms with Crippen molar-refractivity contribution in [2.75, 3.05) is 5.32 Å². The largest absolute Gasteiger partial charge is 0.435 e. The van der Waals surface area contributed by atoms with E-state index in [1.54, 1.807) is 6.20 Å². The summed E-state index contributed by atoms with van der Waals surface area (Å²) >= 11 is 0. The Bertz CT molecular complexity index is 783. The van der Waals surface area contributed by atoms with Gasteiger partial charge in [0.05, 0.1) is 12.1 Å². The van der Waals surface area contributed by atoms with Crippen LogP contribution in [0.1, 0.15) is 5.69 Å². The van der Waals surface area contributed by atoms with Crippen LogP contribution in [-0.2, 0) is 11.2 Å². The first-order valence-electron chi connectivity index (χ1n) is 6.87. The summed E-state index contributed by atoms with van der Waals surface area (Å²) in [6.45, 7) is -2.87. The molecule has 2 aromatic heterocycles. The highest BCUT2D eigenvalue weighted by Gasteiger charge is 2.09. The Morgan fingerprint density at radius 2 is 2.00 bits per heavy atom. The molecule has 0 saturated carbocycles. The van der Waals surface area contributed by atoms with Crippen molar-refractivity contribution in [2.45, 2.75) is 13.0 Å². The van der Waals surface area contributed by atoms with E-state index in [9.17, 15) is 13.6 Å². The lowest BCUT2D eigenvalue weighted by atomic mass is 10.2. The minimum atomic E-state index is -2.87. The summed E-state index contributed by atoms with van der Waals surface area (Å²) in [7, 11) is 0. The highest BCUT2D eigenvalue weighted by Crippen LogP contribution is 2.18. The fourth-order valence-corrected chi connectivity index (χ4v) is 2.16. The third-order valence-corrected chi connectivity index (χ3v) is 3.12. The lowest BCUT2D eigenvalue weighted by molar-refractivity contribution is -0.115. The molecule has 5 nitrogen and oxygen atoms in total. The summed E-state index contributed by atoms with van der Waals surface area (Å²) in [5.41, 5.74) is 1.91. The number of alkyl halides is 2. The number of pyridine rings is 1. The number of hydrogen-bond acceptors (Lipinski definition) is 3. The molecule has 0 fully saturated rings. The van der Waals surface area contributed by atoms with Crippen LogP contribution in [0.15, 0.2) is 54.9 Å². The third-order valence-electron chi connectivity index (χ3n) is 3.12. The molecule has 1 amide bonds. The molecule has 0 aliphatic carbocycles. The molecule has 2 heterocycles. The van der Waals surface area contributed by atoms with E-state index < -0.39 is 6.61 Å². The van der Waals surface area contributed by atoms with E-state index in [0.717, 1.165) is 5.65 Å². The molecular formula is C16H13F2N3O2. The van der Waals surface area contributed by atoms with Crippen molar-refractivity contribution in [1.29, 1.82) is 0 Å². The second kappa shape index (κ2) is 6.43. The molecule has 0 atom stereocenters. The zero-order chi connectivity index (χ0) is 16.2. The Labute approximate surface area is 130 Å². The molecule has 7 heteroatoms. The zero-order valence-corrected chi connectivity index (χ0v) is 11.9. The summed E-state index contributed by atoms with van der Waals surface area (Å²) in [5.74, 6) is -0.200. The number of carbonyl (C=O) groups excluding carboxylic acids is 1. The zero-order valence-electron chi connectivity index (χ0n) is 11.9. The molecule has 118 valence electrons. The molecule has 0 saturated heterocycles. The maximum Gasteiger partial charge on any atom is 0.387 e. The van der Waals surface area contributed by atoms with Crippen LogP contribution in [0.3, 0.4) is 0 Å². The van der Waals surface area contributed by atoms with Crippen molar-refractivity contribution in [1.82, 2.24) is 9.38 Å². The molecule has 0 aliphatic rings. The van der Waals surface area contributed by atoms with Gasteiger partial charge in [0, 0.05) is 18.1 Å². The average molecular weight is 317 g/mol. The van der Waals surface area contributed by atoms with Gasteiger partial charge in [-0.3, -0.25) is 4.79 Å². The van der Waals surface area contributed by atoms with Crippen molar-refractivity contribution in [3.05, 3.63) is 60.6 Å². The van der Waals surface area contributed by atoms with Gasteiger partial charge in [-0.15, -0.1) is 0 Å². The molecule has 0 bridgehead atoms. The number of carbonyl (C=O) groups is 1. The number of fused-ring (bicyclic) bond motifs is 1. The van der Waals surface area contributed by atoms with Crippen molar-refractivity contribution < 1.29 is 18.3 Å². The topological polar surface area (TPSA) is 55.6 Å². The molecule has 0 radical (unpaired) electrons. The van der Waals surface area contributed by atoms with Crippen molar-refractivity contribution in [2.24, 2.45) is 0 Å². The standard InChI is InChI=1S/C16H13F2N3O2/c17-16(18)23-13-6-4-11(5-7-13)20-15(22)9-12-10-21-8-2-1-3-14(21)19-12/h1-8,10,16H,9H2,(H,20,22). The molecule has 3 rings (SSSR count). The van der Waals surface area contributed by atoms with E-state index in [2.05, 4.69) is 15.0 Å². The summed E-state index contributed by atoms with van der Waals surface area (Å²) in [6, 6.07) is 11.3. The Hall–Kier alpha value is -2.96. The number of benzene rings is 1. The van der Waals surface area contributed by atoms with Gasteiger partial charge in [-0.2, -0.15) is 8.78 Å². The highest BCUT2D eigenvalue weighted by atomic mass is 19.3. The number of ether oxygens (including phenoxy) is 1. The summed E-state index contributed by atoms with van der Waals surface area (Å²) in [6.07, 6.45) is 3.76. The van der Waals surface area contributed by atoms with E-state index in [0.29, 0.717) is 11.4 Å². The lowest BCUT2D eigenvalue weighted by Gasteiger charge is -2.07. The third kappa shape index (κ3) is 3.82. The Balaban J connectivity index is 1.62. The monoisotopic (exact) mass is 317 g/mol. The van der Waals surface area contributed by atoms with Gasteiger partial charge in [0.1, 0.15) is 11.4 Å². The molecule has 0 aliphatic heterocycles. The van der Waals surface area contributed by atoms with Gasteiger partial charge in [0.2, 0.25) is 5.91 Å². The molecule has 1 N–H and O–H groups in total. The number of rotatable bonds is 5. The molecule has 1 aromatic carbocycles. The lowest BCUT2D eigenvalue weighted by Crippen LogP contribution is -2.14. The minimum Gasteiger partial charge on any atom is -0.435 e. The first kappa shape index (κ1) is 15.0. The normalized spacial score (nSPS) is 10.9. The van der Waals surface area contributed by atoms with Gasteiger partial charge < -0.3 is 14.5 Å². The van der Waals surface area contributed by atoms with Gasteiger partial charge in [-0.05, 0) is 36.4 Å². The van der Waals surface area contributed by atoms with Crippen LogP contribution in [0.25, 0.3) is 5.65 Å². The Morgan fingerprint density at radius 3 is 2.70 bits per heavy atom. The van der Waals surface area contributed by atoms with Crippen LogP contribution in [-0.4, -0.2) is 21.9 Å². The second-order valence-electron chi connectivity index (χ2n) is 4.83. The number of halogens is 2. The average Bonchev–Trinajstić information content (AvgIpc) is 2.90. The molecule has 3 aromatic rings. The maximum atomic E-state index is 12.1. The number of imidazole rings is 1. The number of anilines is 1. The SMILES string of the molecule is O=C(Cc1cn2ccccc2n1)Nc1ccc(OC(F)F)cc1. The van der Waals surface area contributed by atoms with E-state index in [1.165, 1.54) is 24.3 Å². The quantitative estimate of drug-likeness (QED) is 0.786. The van der Waals surface area contributed by atoms with Crippen LogP contribution < -0.4 is 10.1 Å². The number of nitrogens with one attached hydrogen (secondary N) is 1. The Morgan fingerprint density at radius 1 is 1.22 bits per heavy atom. The number of hydrogen-bond donors (Lipinski definition) is 1. The fourth-order valence-electron chi connectivity index (χ4n) is 2.16. The van der Waals surface area contributed by atoms with E-state index in [-0.39, 0.29) is 18.1 Å². The maximum absolute atomic E-state index is 12.1. The van der Waals surface area contributed by atoms with Crippen molar-refractivity contribution in [3.8, 4) is 5.75 Å². The number of amides is 1. The van der Waals surface area contributed by atoms with Gasteiger partial charge in [0.15, 0.2) is 0 Å². The molecule has 0 spiro atoms. The van der Waals surface area contributed by atoms with Gasteiger partial charge >= 0.3 is 6.61 Å². The Kier molecular flexibility index (Phi) is 4.18. The van der Waals surface area contributed by atoms with Crippen molar-refractivity contribution in [3.63, 3.8) is 0 Å². The summed E-state index contributed by atoms with van der Waals surface area (Å²) in [4.78, 5) is 16.3. The minimum absolute atomic E-state index is 0.0401. The number of nitrogens with zero attached hydrogens (tertiary/aromatic N) is 2. The van der Waals surface area contributed by atoms with Gasteiger partial charge in [-0.1, -0.05) is 6.07 Å². The fraction of sp³-hybridized carbons (Fsp3) is 0.125. The highest BCUT2D eigenvalue weighted by molar-refractivity contribution is 5.92. The van der Waals surface area contributed by atoms with Crippen LogP contribution in [0.4, 0.5) is 14.5 Å². The second-order valence-corrected chi connectivity index (χ2v) is 4.83. The van der Waals surface area contributed by atoms with E-state index >= 15 is 0 Å². The molecule has 23 heavy (non-hydrogen) atoms. The van der Waals surface area contributed by atoms with Crippen LogP contribution in [0.5, 0.6) is 5.75 Å². The van der Waals surface area contributed by atoms with Crippen molar-refractivity contribution >= 4 is 17.2 Å². The van der Waals surface area contributed by atoms with Crippen LogP contribution >= 0.6 is 0 Å². The van der Waals surface area contributed by atoms with E-state index in [1.807, 2.05) is 28.8 Å². The first-order chi connectivity index (χ1) is 11.1. The molecular weight excluding hydrogens is 304 g/mol. The van der Waals surface area contributed by atoms with Gasteiger partial charge in [-0.25, -0.2) is 4.98 Å². The van der Waals surface area contributed by atoms with Crippen LogP contribution in [0, 0.1) is 0 Å². The smallest absolute Gasteiger partial charge is 0.387 e. The first-order valence-corrected chi connectivity index (χ1v) is 6.87. The van der Waals surface area contributed by atoms with E-state index in [4.69, 9.17) is 0 Å². The van der Waals surface area contributed by atoms with Crippen LogP contribution in [0.2, 0.25) is 0 Å². The predicted octanol–water partition coefficient (Wildman–Crippen LogP) is 3.12. The molecule has 0 unspecified atom stereocenters. The summed E-state index contributed by atoms with van der Waals surface area (Å²) < 4.78 is 30.2.